The molecule has 1 rings (SSSR count). The maximum Gasteiger partial charge on any atom is 0.243 e. The third-order valence-corrected chi connectivity index (χ3v) is 3.28. The molecule has 0 saturated carbocycles. The summed E-state index contributed by atoms with van der Waals surface area (Å²) >= 11 is 0. The summed E-state index contributed by atoms with van der Waals surface area (Å²) in [6.07, 6.45) is 1.76. The number of carbonyl (C=O) groups is 1. The van der Waals surface area contributed by atoms with Gasteiger partial charge in [0.05, 0.1) is 6.61 Å². The van der Waals surface area contributed by atoms with Gasteiger partial charge in [0.1, 0.15) is 12.3 Å². The number of ether oxygens (including phenoxy) is 1. The van der Waals surface area contributed by atoms with Crippen molar-refractivity contribution < 1.29 is 9.53 Å². The summed E-state index contributed by atoms with van der Waals surface area (Å²) in [4.78, 5) is 19.6. The van der Waals surface area contributed by atoms with E-state index in [2.05, 4.69) is 16.9 Å². The third kappa shape index (κ3) is 6.73. The average Bonchev–Trinajstić information content (AvgIpc) is 2.56. The summed E-state index contributed by atoms with van der Waals surface area (Å²) in [5, 5.41) is 3.18. The Hall–Kier alpha value is -2.50. The maximum atomic E-state index is 11.7. The Kier molecular flexibility index (Phi) is 8.39. The van der Waals surface area contributed by atoms with E-state index in [1.54, 1.807) is 20.2 Å². The zero-order chi connectivity index (χ0) is 17.9. The van der Waals surface area contributed by atoms with Crippen molar-refractivity contribution in [2.45, 2.75) is 13.5 Å². The molecule has 0 spiro atoms. The van der Waals surface area contributed by atoms with Gasteiger partial charge in [0, 0.05) is 34.2 Å². The molecule has 0 radical (unpaired) electrons. The highest BCUT2D eigenvalue weighted by molar-refractivity contribution is 5.84. The minimum Gasteiger partial charge on any atom is -0.494 e. The highest BCUT2D eigenvalue weighted by Gasteiger charge is 2.09. The van der Waals surface area contributed by atoms with E-state index < -0.39 is 0 Å². The second-order valence-corrected chi connectivity index (χ2v) is 5.53. The summed E-state index contributed by atoms with van der Waals surface area (Å²) in [5.41, 5.74) is 1.13. The largest absolute Gasteiger partial charge is 0.494 e. The van der Waals surface area contributed by atoms with Crippen LogP contribution in [0, 0.1) is 0 Å². The van der Waals surface area contributed by atoms with Crippen LogP contribution >= 0.6 is 0 Å². The Morgan fingerprint density at radius 1 is 1.29 bits per heavy atom. The van der Waals surface area contributed by atoms with Gasteiger partial charge in [0.2, 0.25) is 5.91 Å². The molecule has 1 aromatic rings. The molecule has 0 aliphatic carbocycles. The van der Waals surface area contributed by atoms with Crippen LogP contribution in [0.3, 0.4) is 0 Å². The predicted molar refractivity (Wildman–Crippen MR) is 98.3 cm³/mol. The minimum atomic E-state index is -0.0395. The Morgan fingerprint density at radius 3 is 2.50 bits per heavy atom. The van der Waals surface area contributed by atoms with E-state index in [9.17, 15) is 4.79 Å². The number of guanidine groups is 1. The minimum absolute atomic E-state index is 0.0395. The van der Waals surface area contributed by atoms with Crippen LogP contribution in [0.1, 0.15) is 12.5 Å². The first-order valence-electron chi connectivity index (χ1n) is 8.00. The first-order valence-corrected chi connectivity index (χ1v) is 8.00. The molecular weight excluding hydrogens is 304 g/mol. The number of rotatable bonds is 8. The zero-order valence-corrected chi connectivity index (χ0v) is 15.1. The van der Waals surface area contributed by atoms with E-state index in [1.165, 1.54) is 4.90 Å². The van der Waals surface area contributed by atoms with Crippen molar-refractivity contribution in [2.75, 3.05) is 40.8 Å². The fourth-order valence-corrected chi connectivity index (χ4v) is 1.97. The lowest BCUT2D eigenvalue weighted by Crippen LogP contribution is -2.39. The van der Waals surface area contributed by atoms with Crippen molar-refractivity contribution in [1.29, 1.82) is 0 Å². The number of carbonyl (C=O) groups excluding carboxylic acids is 1. The number of hydrogen-bond acceptors (Lipinski definition) is 3. The van der Waals surface area contributed by atoms with Crippen LogP contribution in [0.2, 0.25) is 0 Å². The van der Waals surface area contributed by atoms with Crippen LogP contribution in [0.5, 0.6) is 5.75 Å². The molecule has 0 aromatic heterocycles. The van der Waals surface area contributed by atoms with Crippen LogP contribution in [-0.2, 0) is 11.3 Å². The fraction of sp³-hybridized carbons (Fsp3) is 0.444. The van der Waals surface area contributed by atoms with Crippen molar-refractivity contribution in [3.05, 3.63) is 42.5 Å². The van der Waals surface area contributed by atoms with E-state index in [-0.39, 0.29) is 12.5 Å². The molecule has 0 atom stereocenters. The van der Waals surface area contributed by atoms with E-state index in [0.29, 0.717) is 25.7 Å². The second kappa shape index (κ2) is 10.3. The fourth-order valence-electron chi connectivity index (χ4n) is 1.97. The number of nitrogens with zero attached hydrogens (tertiary/aromatic N) is 3. The zero-order valence-electron chi connectivity index (χ0n) is 15.1. The van der Waals surface area contributed by atoms with Crippen molar-refractivity contribution >= 4 is 11.9 Å². The lowest BCUT2D eigenvalue weighted by atomic mass is 10.2. The highest BCUT2D eigenvalue weighted by Crippen LogP contribution is 2.13. The van der Waals surface area contributed by atoms with E-state index in [0.717, 1.165) is 11.3 Å². The van der Waals surface area contributed by atoms with E-state index in [4.69, 9.17) is 4.74 Å². The van der Waals surface area contributed by atoms with Crippen molar-refractivity contribution in [2.24, 2.45) is 4.99 Å². The van der Waals surface area contributed by atoms with Crippen LogP contribution in [0.25, 0.3) is 0 Å². The third-order valence-electron chi connectivity index (χ3n) is 3.28. The molecule has 0 bridgehead atoms. The first-order chi connectivity index (χ1) is 11.5. The summed E-state index contributed by atoms with van der Waals surface area (Å²) in [6, 6.07) is 7.96. The number of aliphatic imine (C=N–C) groups is 1. The molecule has 0 saturated heterocycles. The van der Waals surface area contributed by atoms with Crippen LogP contribution in [0.15, 0.2) is 41.9 Å². The summed E-state index contributed by atoms with van der Waals surface area (Å²) < 4.78 is 5.45. The number of likely N-dealkylation sites (N-methyl/N-ethyl adjacent to an activating group) is 1. The molecule has 1 N–H and O–H groups in total. The topological polar surface area (TPSA) is 57.2 Å². The lowest BCUT2D eigenvalue weighted by molar-refractivity contribution is -0.127. The smallest absolute Gasteiger partial charge is 0.243 e. The van der Waals surface area contributed by atoms with Gasteiger partial charge in [0.25, 0.3) is 0 Å². The molecule has 6 nitrogen and oxygen atoms in total. The molecule has 0 heterocycles. The highest BCUT2D eigenvalue weighted by atomic mass is 16.5. The van der Waals surface area contributed by atoms with Crippen LogP contribution in [0.4, 0.5) is 0 Å². The molecule has 0 aliphatic heterocycles. The first kappa shape index (κ1) is 19.5. The molecule has 24 heavy (non-hydrogen) atoms. The van der Waals surface area contributed by atoms with E-state index >= 15 is 0 Å². The number of amides is 1. The van der Waals surface area contributed by atoms with Gasteiger partial charge in [-0.1, -0.05) is 18.2 Å². The predicted octanol–water partition coefficient (Wildman–Crippen LogP) is 1.74. The van der Waals surface area contributed by atoms with Gasteiger partial charge in [-0.15, -0.1) is 6.58 Å². The molecule has 1 aromatic carbocycles. The van der Waals surface area contributed by atoms with Gasteiger partial charge in [-0.3, -0.25) is 4.79 Å². The SMILES string of the molecule is C=CCNC(=NCC(=O)N(C)C)N(C)Cc1ccc(OCC)cc1. The number of benzene rings is 1. The Bertz CT molecular complexity index is 553. The molecular formula is C18H28N4O2. The van der Waals surface area contributed by atoms with Crippen LogP contribution < -0.4 is 10.1 Å². The van der Waals surface area contributed by atoms with Crippen LogP contribution in [-0.4, -0.2) is 62.5 Å². The van der Waals surface area contributed by atoms with Gasteiger partial charge in [-0.05, 0) is 24.6 Å². The quantitative estimate of drug-likeness (QED) is 0.447. The van der Waals surface area contributed by atoms with Crippen molar-refractivity contribution in [3.63, 3.8) is 0 Å². The Labute approximate surface area is 144 Å². The van der Waals surface area contributed by atoms with Crippen molar-refractivity contribution in [1.82, 2.24) is 15.1 Å². The van der Waals surface area contributed by atoms with Crippen molar-refractivity contribution in [3.8, 4) is 5.75 Å². The van der Waals surface area contributed by atoms with E-state index in [1.807, 2.05) is 43.1 Å². The molecule has 0 fully saturated rings. The van der Waals surface area contributed by atoms with Gasteiger partial charge in [-0.25, -0.2) is 4.99 Å². The Morgan fingerprint density at radius 2 is 1.96 bits per heavy atom. The maximum absolute atomic E-state index is 11.7. The van der Waals surface area contributed by atoms with Gasteiger partial charge in [-0.2, -0.15) is 0 Å². The summed E-state index contributed by atoms with van der Waals surface area (Å²) in [6.45, 7) is 7.69. The van der Waals surface area contributed by atoms with Gasteiger partial charge >= 0.3 is 0 Å². The average molecular weight is 332 g/mol. The standard InChI is InChI=1S/C18H28N4O2/c1-6-12-19-18(20-13-17(23)21(3)4)22(5)14-15-8-10-16(11-9-15)24-7-2/h6,8-11H,1,7,12-14H2,2-5H3,(H,19,20). The molecule has 132 valence electrons. The molecule has 0 unspecified atom stereocenters. The Balaban J connectivity index is 2.75. The number of hydrogen-bond donors (Lipinski definition) is 1. The normalized spacial score (nSPS) is 10.9. The summed E-state index contributed by atoms with van der Waals surface area (Å²) in [5.74, 6) is 1.49. The monoisotopic (exact) mass is 332 g/mol. The summed E-state index contributed by atoms with van der Waals surface area (Å²) in [7, 11) is 5.38. The molecule has 0 aliphatic rings. The second-order valence-electron chi connectivity index (χ2n) is 5.53. The molecule has 6 heteroatoms. The van der Waals surface area contributed by atoms with Gasteiger partial charge in [0.15, 0.2) is 5.96 Å². The van der Waals surface area contributed by atoms with Gasteiger partial charge < -0.3 is 19.9 Å². The molecule has 1 amide bonds. The number of nitrogens with one attached hydrogen (secondary N) is 1. The lowest BCUT2D eigenvalue weighted by Gasteiger charge is -2.22.